The first-order valence-electron chi connectivity index (χ1n) is 8.56. The van der Waals surface area contributed by atoms with E-state index in [2.05, 4.69) is 10.4 Å². The third-order valence-electron chi connectivity index (χ3n) is 4.32. The van der Waals surface area contributed by atoms with Crippen LogP contribution >= 0.6 is 0 Å². The van der Waals surface area contributed by atoms with Gasteiger partial charge in [0, 0.05) is 11.3 Å². The van der Waals surface area contributed by atoms with E-state index in [0.717, 1.165) is 12.1 Å². The minimum absolute atomic E-state index is 0.200. The molecule has 0 unspecified atom stereocenters. The molecule has 1 aliphatic heterocycles. The molecule has 1 N–H and O–H groups in total. The van der Waals surface area contributed by atoms with Crippen molar-refractivity contribution < 1.29 is 13.9 Å². The highest BCUT2D eigenvalue weighted by Gasteiger charge is 2.26. The first-order chi connectivity index (χ1) is 11.8. The fourth-order valence-corrected chi connectivity index (χ4v) is 3.22. The van der Waals surface area contributed by atoms with Gasteiger partial charge in [-0.05, 0) is 52.7 Å². The number of carbonyl (C=O) groups is 1. The molecule has 0 bridgehead atoms. The molecule has 0 spiro atoms. The fraction of sp³-hybridized carbons (Fsp3) is 0.474. The number of benzene rings is 1. The number of nitrogens with zero attached hydrogens (tertiary/aromatic N) is 2. The molecule has 1 amide bonds. The summed E-state index contributed by atoms with van der Waals surface area (Å²) in [6.07, 6.45) is 1.44. The molecule has 0 aliphatic carbocycles. The predicted octanol–water partition coefficient (Wildman–Crippen LogP) is 3.73. The summed E-state index contributed by atoms with van der Waals surface area (Å²) < 4.78 is 21.4. The van der Waals surface area contributed by atoms with Crippen LogP contribution in [-0.4, -0.2) is 22.3 Å². The summed E-state index contributed by atoms with van der Waals surface area (Å²) in [6.45, 7) is 8.49. The van der Waals surface area contributed by atoms with Crippen LogP contribution in [0, 0.1) is 12.7 Å². The van der Waals surface area contributed by atoms with Crippen molar-refractivity contribution in [3.8, 4) is 5.75 Å². The van der Waals surface area contributed by atoms with Crippen LogP contribution in [0.25, 0.3) is 0 Å². The summed E-state index contributed by atoms with van der Waals surface area (Å²) in [5.41, 5.74) is 1.77. The van der Waals surface area contributed by atoms with Gasteiger partial charge in [0.15, 0.2) is 11.6 Å². The molecule has 2 aromatic rings. The maximum Gasteiger partial charge on any atom is 0.272 e. The number of rotatable bonds is 2. The van der Waals surface area contributed by atoms with Gasteiger partial charge in [0.05, 0.1) is 18.2 Å². The second-order valence-electron chi connectivity index (χ2n) is 7.43. The molecule has 3 rings (SSSR count). The Hall–Kier alpha value is -2.37. The summed E-state index contributed by atoms with van der Waals surface area (Å²) in [4.78, 5) is 12.7. The van der Waals surface area contributed by atoms with Crippen molar-refractivity contribution in [2.45, 2.75) is 52.1 Å². The van der Waals surface area contributed by atoms with Gasteiger partial charge in [0.25, 0.3) is 5.91 Å². The number of hydrogen-bond donors (Lipinski definition) is 1. The summed E-state index contributed by atoms with van der Waals surface area (Å²) in [6, 6.07) is 6.30. The Kier molecular flexibility index (Phi) is 4.54. The summed E-state index contributed by atoms with van der Waals surface area (Å²) >= 11 is 0. The first-order valence-corrected chi connectivity index (χ1v) is 8.56. The van der Waals surface area contributed by atoms with Crippen molar-refractivity contribution in [1.29, 1.82) is 0 Å². The van der Waals surface area contributed by atoms with Gasteiger partial charge >= 0.3 is 0 Å². The molecule has 134 valence electrons. The van der Waals surface area contributed by atoms with Crippen LogP contribution in [0.3, 0.4) is 0 Å². The third kappa shape index (κ3) is 3.52. The second kappa shape index (κ2) is 6.50. The van der Waals surface area contributed by atoms with Gasteiger partial charge in [-0.25, -0.2) is 4.39 Å². The second-order valence-corrected chi connectivity index (χ2v) is 7.43. The zero-order valence-electron chi connectivity index (χ0n) is 15.1. The molecule has 1 atom stereocenters. The van der Waals surface area contributed by atoms with E-state index in [1.54, 1.807) is 18.2 Å². The molecule has 2 heterocycles. The molecule has 0 radical (unpaired) electrons. The van der Waals surface area contributed by atoms with Crippen LogP contribution in [0.1, 0.15) is 61.4 Å². The number of hydrogen-bond acceptors (Lipinski definition) is 3. The highest BCUT2D eigenvalue weighted by atomic mass is 19.1. The van der Waals surface area contributed by atoms with E-state index >= 15 is 0 Å². The van der Waals surface area contributed by atoms with Crippen molar-refractivity contribution in [3.05, 3.63) is 47.0 Å². The largest absolute Gasteiger partial charge is 0.490 e. The van der Waals surface area contributed by atoms with Crippen LogP contribution in [-0.2, 0) is 5.54 Å². The highest BCUT2D eigenvalue weighted by Crippen LogP contribution is 2.33. The molecule has 6 heteroatoms. The average Bonchev–Trinajstić information content (AvgIpc) is 2.82. The van der Waals surface area contributed by atoms with Crippen LogP contribution in [0.5, 0.6) is 5.75 Å². The molecule has 25 heavy (non-hydrogen) atoms. The molecular formula is C19H24FN3O2. The molecule has 0 fully saturated rings. The monoisotopic (exact) mass is 345 g/mol. The van der Waals surface area contributed by atoms with Gasteiger partial charge in [-0.2, -0.15) is 5.10 Å². The summed E-state index contributed by atoms with van der Waals surface area (Å²) in [7, 11) is 0. The number of nitrogens with one attached hydrogen (secondary N) is 1. The van der Waals surface area contributed by atoms with E-state index in [-0.39, 0.29) is 23.2 Å². The minimum atomic E-state index is -0.397. The van der Waals surface area contributed by atoms with Gasteiger partial charge in [-0.3, -0.25) is 9.48 Å². The summed E-state index contributed by atoms with van der Waals surface area (Å²) in [5.74, 6) is -0.415. The van der Waals surface area contributed by atoms with Crippen LogP contribution < -0.4 is 10.1 Å². The number of aromatic nitrogens is 2. The maximum absolute atomic E-state index is 14.0. The Labute approximate surface area is 147 Å². The highest BCUT2D eigenvalue weighted by molar-refractivity contribution is 5.92. The van der Waals surface area contributed by atoms with E-state index in [4.69, 9.17) is 4.74 Å². The smallest absolute Gasteiger partial charge is 0.272 e. The van der Waals surface area contributed by atoms with E-state index in [9.17, 15) is 9.18 Å². The Morgan fingerprint density at radius 2 is 2.16 bits per heavy atom. The minimum Gasteiger partial charge on any atom is -0.490 e. The number of fused-ring (bicyclic) bond motifs is 1. The standard InChI is InChI=1S/C19H24FN3O2/c1-12-11-16(22-23(12)19(2,3)4)18(24)21-15-9-6-10-25-17-13(15)7-5-8-14(17)20/h5,7-8,11,15H,6,9-10H2,1-4H3,(H,21,24)/t15-/m0/s1. The fourth-order valence-electron chi connectivity index (χ4n) is 3.22. The zero-order chi connectivity index (χ0) is 18.2. The van der Waals surface area contributed by atoms with Crippen molar-refractivity contribution in [2.24, 2.45) is 0 Å². The zero-order valence-corrected chi connectivity index (χ0v) is 15.1. The molecule has 1 aliphatic rings. The molecule has 5 nitrogen and oxygen atoms in total. The van der Waals surface area contributed by atoms with Crippen LogP contribution in [0.15, 0.2) is 24.3 Å². The van der Waals surface area contributed by atoms with E-state index in [1.165, 1.54) is 6.07 Å². The number of aryl methyl sites for hydroxylation is 1. The number of halogens is 1. The average molecular weight is 345 g/mol. The topological polar surface area (TPSA) is 56.1 Å². The summed E-state index contributed by atoms with van der Waals surface area (Å²) in [5, 5.41) is 7.43. The predicted molar refractivity (Wildman–Crippen MR) is 93.3 cm³/mol. The SMILES string of the molecule is Cc1cc(C(=O)N[C@H]2CCCOc3c(F)cccc32)nn1C(C)(C)C. The van der Waals surface area contributed by atoms with Gasteiger partial charge < -0.3 is 10.1 Å². The normalized spacial score (nSPS) is 17.4. The van der Waals surface area contributed by atoms with Crippen molar-refractivity contribution in [3.63, 3.8) is 0 Å². The number of amides is 1. The van der Waals surface area contributed by atoms with Gasteiger partial charge in [-0.15, -0.1) is 0 Å². The van der Waals surface area contributed by atoms with Crippen molar-refractivity contribution in [2.75, 3.05) is 6.61 Å². The lowest BCUT2D eigenvalue weighted by Gasteiger charge is -2.21. The first kappa shape index (κ1) is 17.5. The van der Waals surface area contributed by atoms with Crippen LogP contribution in [0.4, 0.5) is 4.39 Å². The quantitative estimate of drug-likeness (QED) is 0.902. The Morgan fingerprint density at radius 3 is 2.84 bits per heavy atom. The van der Waals surface area contributed by atoms with E-state index in [1.807, 2.05) is 32.4 Å². The Bertz CT molecular complexity index is 792. The molecule has 0 saturated carbocycles. The number of para-hydroxylation sites is 1. The lowest BCUT2D eigenvalue weighted by atomic mass is 10.0. The van der Waals surface area contributed by atoms with Gasteiger partial charge in [0.2, 0.25) is 0 Å². The van der Waals surface area contributed by atoms with E-state index in [0.29, 0.717) is 24.3 Å². The van der Waals surface area contributed by atoms with Crippen LogP contribution in [0.2, 0.25) is 0 Å². The molecule has 1 aromatic carbocycles. The number of ether oxygens (including phenoxy) is 1. The van der Waals surface area contributed by atoms with Gasteiger partial charge in [0.1, 0.15) is 5.69 Å². The molecular weight excluding hydrogens is 321 g/mol. The molecule has 1 aromatic heterocycles. The van der Waals surface area contributed by atoms with Gasteiger partial charge in [-0.1, -0.05) is 12.1 Å². The Balaban J connectivity index is 1.86. The number of carbonyl (C=O) groups excluding carboxylic acids is 1. The Morgan fingerprint density at radius 1 is 1.40 bits per heavy atom. The maximum atomic E-state index is 14.0. The van der Waals surface area contributed by atoms with Crippen molar-refractivity contribution >= 4 is 5.91 Å². The molecule has 0 saturated heterocycles. The lowest BCUT2D eigenvalue weighted by molar-refractivity contribution is 0.0928. The van der Waals surface area contributed by atoms with E-state index < -0.39 is 5.82 Å². The third-order valence-corrected chi connectivity index (χ3v) is 4.32. The lowest BCUT2D eigenvalue weighted by Crippen LogP contribution is -2.30. The van der Waals surface area contributed by atoms with Crippen molar-refractivity contribution in [1.82, 2.24) is 15.1 Å².